The molecule has 2 amide bonds. The molecule has 2 rings (SSSR count). The Kier molecular flexibility index (Phi) is 5.47. The van der Waals surface area contributed by atoms with Gasteiger partial charge in [-0.25, -0.2) is 0 Å². The van der Waals surface area contributed by atoms with E-state index < -0.39 is 0 Å². The average molecular weight is 292 g/mol. The van der Waals surface area contributed by atoms with Crippen LogP contribution < -0.4 is 10.6 Å². The van der Waals surface area contributed by atoms with E-state index in [0.29, 0.717) is 17.9 Å². The molecule has 1 aromatic carbocycles. The molecule has 0 aromatic heterocycles. The van der Waals surface area contributed by atoms with E-state index in [1.165, 1.54) is 24.6 Å². The standard InChI is InChI=1S/C15H20N2O2S/c1-2-3-4-5-8-16-15(19)11-6-7-13-12(9-11)17-14(18)10-20-13/h6-7,9H,2-5,8,10H2,1H3,(H,16,19)(H,17,18). The average Bonchev–Trinajstić information content (AvgIpc) is 2.46. The Bertz CT molecular complexity index is 503. The van der Waals surface area contributed by atoms with E-state index in [2.05, 4.69) is 17.6 Å². The van der Waals surface area contributed by atoms with Gasteiger partial charge in [0.05, 0.1) is 11.4 Å². The summed E-state index contributed by atoms with van der Waals surface area (Å²) in [5.74, 6) is 0.351. The molecule has 0 saturated carbocycles. The maximum atomic E-state index is 12.0. The molecule has 20 heavy (non-hydrogen) atoms. The van der Waals surface area contributed by atoms with E-state index in [-0.39, 0.29) is 11.8 Å². The van der Waals surface area contributed by atoms with Gasteiger partial charge in [0.2, 0.25) is 5.91 Å². The molecular weight excluding hydrogens is 272 g/mol. The van der Waals surface area contributed by atoms with Gasteiger partial charge in [0.25, 0.3) is 5.91 Å². The molecular formula is C15H20N2O2S. The Balaban J connectivity index is 1.90. The zero-order chi connectivity index (χ0) is 14.4. The number of fused-ring (bicyclic) bond motifs is 1. The monoisotopic (exact) mass is 292 g/mol. The first-order valence-electron chi connectivity index (χ1n) is 7.05. The Morgan fingerprint density at radius 3 is 3.00 bits per heavy atom. The molecule has 0 unspecified atom stereocenters. The molecule has 0 spiro atoms. The summed E-state index contributed by atoms with van der Waals surface area (Å²) in [4.78, 5) is 24.4. The molecule has 0 aliphatic carbocycles. The third-order valence-electron chi connectivity index (χ3n) is 3.19. The minimum atomic E-state index is -0.0749. The molecule has 0 bridgehead atoms. The highest BCUT2D eigenvalue weighted by molar-refractivity contribution is 8.00. The largest absolute Gasteiger partial charge is 0.352 e. The Hall–Kier alpha value is -1.49. The van der Waals surface area contributed by atoms with Crippen LogP contribution in [-0.4, -0.2) is 24.1 Å². The van der Waals surface area contributed by atoms with Crippen molar-refractivity contribution in [2.24, 2.45) is 0 Å². The van der Waals surface area contributed by atoms with Gasteiger partial charge in [-0.2, -0.15) is 0 Å². The summed E-state index contributed by atoms with van der Waals surface area (Å²) in [6.07, 6.45) is 4.55. The molecule has 1 aliphatic rings. The number of hydrogen-bond acceptors (Lipinski definition) is 3. The topological polar surface area (TPSA) is 58.2 Å². The molecule has 2 N–H and O–H groups in total. The SMILES string of the molecule is CCCCCCNC(=O)c1ccc2c(c1)NC(=O)CS2. The second-order valence-corrected chi connectivity index (χ2v) is 5.88. The third-order valence-corrected chi connectivity index (χ3v) is 4.26. The van der Waals surface area contributed by atoms with E-state index in [4.69, 9.17) is 0 Å². The number of anilines is 1. The maximum absolute atomic E-state index is 12.0. The number of benzene rings is 1. The zero-order valence-electron chi connectivity index (χ0n) is 11.7. The van der Waals surface area contributed by atoms with Crippen molar-refractivity contribution in [3.63, 3.8) is 0 Å². The summed E-state index contributed by atoms with van der Waals surface area (Å²) in [7, 11) is 0. The Morgan fingerprint density at radius 1 is 1.35 bits per heavy atom. The summed E-state index contributed by atoms with van der Waals surface area (Å²) in [5, 5.41) is 5.72. The van der Waals surface area contributed by atoms with Gasteiger partial charge in [0.15, 0.2) is 0 Å². The smallest absolute Gasteiger partial charge is 0.251 e. The molecule has 5 heteroatoms. The van der Waals surface area contributed by atoms with Crippen LogP contribution in [0.4, 0.5) is 5.69 Å². The predicted octanol–water partition coefficient (Wildman–Crippen LogP) is 3.04. The van der Waals surface area contributed by atoms with Crippen molar-refractivity contribution in [2.75, 3.05) is 17.6 Å². The number of rotatable bonds is 6. The lowest BCUT2D eigenvalue weighted by Crippen LogP contribution is -2.25. The second-order valence-electron chi connectivity index (χ2n) is 4.86. The van der Waals surface area contributed by atoms with Crippen molar-refractivity contribution in [3.8, 4) is 0 Å². The molecule has 0 fully saturated rings. The van der Waals surface area contributed by atoms with Crippen LogP contribution in [0, 0.1) is 0 Å². The molecule has 0 radical (unpaired) electrons. The summed E-state index contributed by atoms with van der Waals surface area (Å²) in [6, 6.07) is 5.46. The number of unbranched alkanes of at least 4 members (excludes halogenated alkanes) is 3. The number of carbonyl (C=O) groups is 2. The van der Waals surface area contributed by atoms with E-state index >= 15 is 0 Å². The highest BCUT2D eigenvalue weighted by Gasteiger charge is 2.17. The van der Waals surface area contributed by atoms with Crippen LogP contribution in [0.3, 0.4) is 0 Å². The predicted molar refractivity (Wildman–Crippen MR) is 82.3 cm³/mol. The van der Waals surface area contributed by atoms with Gasteiger partial charge in [-0.1, -0.05) is 26.2 Å². The first-order chi connectivity index (χ1) is 9.70. The van der Waals surface area contributed by atoms with Gasteiger partial charge in [0, 0.05) is 17.0 Å². The van der Waals surface area contributed by atoms with E-state index in [1.807, 2.05) is 12.1 Å². The minimum absolute atomic E-state index is 0.0142. The Labute approximate surface area is 123 Å². The highest BCUT2D eigenvalue weighted by atomic mass is 32.2. The highest BCUT2D eigenvalue weighted by Crippen LogP contribution is 2.31. The van der Waals surface area contributed by atoms with Crippen molar-refractivity contribution in [1.82, 2.24) is 5.32 Å². The summed E-state index contributed by atoms with van der Waals surface area (Å²) in [5.41, 5.74) is 1.34. The Morgan fingerprint density at radius 2 is 2.20 bits per heavy atom. The molecule has 0 saturated heterocycles. The number of thioether (sulfide) groups is 1. The fraction of sp³-hybridized carbons (Fsp3) is 0.467. The van der Waals surface area contributed by atoms with Gasteiger partial charge >= 0.3 is 0 Å². The second kappa shape index (κ2) is 7.33. The molecule has 1 aliphatic heterocycles. The fourth-order valence-corrected chi connectivity index (χ4v) is 2.87. The molecule has 4 nitrogen and oxygen atoms in total. The van der Waals surface area contributed by atoms with Crippen molar-refractivity contribution in [2.45, 2.75) is 37.5 Å². The van der Waals surface area contributed by atoms with Crippen LogP contribution in [0.15, 0.2) is 23.1 Å². The molecule has 1 heterocycles. The lowest BCUT2D eigenvalue weighted by molar-refractivity contribution is -0.113. The number of nitrogens with one attached hydrogen (secondary N) is 2. The molecule has 1 aromatic rings. The quantitative estimate of drug-likeness (QED) is 0.792. The number of carbonyl (C=O) groups excluding carboxylic acids is 2. The minimum Gasteiger partial charge on any atom is -0.352 e. The van der Waals surface area contributed by atoms with Gasteiger partial charge < -0.3 is 10.6 Å². The van der Waals surface area contributed by atoms with E-state index in [1.54, 1.807) is 6.07 Å². The lowest BCUT2D eigenvalue weighted by atomic mass is 10.1. The number of hydrogen-bond donors (Lipinski definition) is 2. The summed E-state index contributed by atoms with van der Waals surface area (Å²) < 4.78 is 0. The van der Waals surface area contributed by atoms with Crippen LogP contribution in [0.2, 0.25) is 0 Å². The fourth-order valence-electron chi connectivity index (χ4n) is 2.08. The third kappa shape index (κ3) is 4.00. The van der Waals surface area contributed by atoms with Crippen LogP contribution in [0.1, 0.15) is 43.0 Å². The van der Waals surface area contributed by atoms with Crippen molar-refractivity contribution < 1.29 is 9.59 Å². The van der Waals surface area contributed by atoms with Crippen LogP contribution >= 0.6 is 11.8 Å². The van der Waals surface area contributed by atoms with Gasteiger partial charge in [-0.05, 0) is 24.6 Å². The molecule has 108 valence electrons. The first kappa shape index (κ1) is 14.9. The van der Waals surface area contributed by atoms with Crippen molar-refractivity contribution >= 4 is 29.3 Å². The summed E-state index contributed by atoms with van der Waals surface area (Å²) >= 11 is 1.50. The van der Waals surface area contributed by atoms with Gasteiger partial charge in [-0.15, -0.1) is 11.8 Å². The lowest BCUT2D eigenvalue weighted by Gasteiger charge is -2.16. The van der Waals surface area contributed by atoms with Gasteiger partial charge in [0.1, 0.15) is 0 Å². The number of amides is 2. The van der Waals surface area contributed by atoms with E-state index in [0.717, 1.165) is 23.4 Å². The van der Waals surface area contributed by atoms with E-state index in [9.17, 15) is 9.59 Å². The normalized spacial score (nSPS) is 13.6. The summed E-state index contributed by atoms with van der Waals surface area (Å²) in [6.45, 7) is 2.87. The van der Waals surface area contributed by atoms with Crippen molar-refractivity contribution in [1.29, 1.82) is 0 Å². The van der Waals surface area contributed by atoms with Crippen LogP contribution in [0.5, 0.6) is 0 Å². The molecule has 0 atom stereocenters. The first-order valence-corrected chi connectivity index (χ1v) is 8.04. The van der Waals surface area contributed by atoms with Crippen molar-refractivity contribution in [3.05, 3.63) is 23.8 Å². The van der Waals surface area contributed by atoms with Crippen LogP contribution in [0.25, 0.3) is 0 Å². The maximum Gasteiger partial charge on any atom is 0.251 e. The zero-order valence-corrected chi connectivity index (χ0v) is 12.5. The van der Waals surface area contributed by atoms with Gasteiger partial charge in [-0.3, -0.25) is 9.59 Å². The van der Waals surface area contributed by atoms with Crippen LogP contribution in [-0.2, 0) is 4.79 Å².